The van der Waals surface area contributed by atoms with Gasteiger partial charge in [-0.25, -0.2) is 28.7 Å². The summed E-state index contributed by atoms with van der Waals surface area (Å²) in [7, 11) is 0. The van der Waals surface area contributed by atoms with Crippen LogP contribution in [0.2, 0.25) is 0 Å². The lowest BCUT2D eigenvalue weighted by atomic mass is 9.87. The number of fused-ring (bicyclic) bond motifs is 1. The number of benzene rings is 1. The van der Waals surface area contributed by atoms with Crippen molar-refractivity contribution in [3.8, 4) is 11.1 Å². The van der Waals surface area contributed by atoms with Gasteiger partial charge in [0, 0.05) is 67.7 Å². The van der Waals surface area contributed by atoms with E-state index in [2.05, 4.69) is 34.9 Å². The minimum atomic E-state index is -1.17. The molecule has 5 aromatic rings. The van der Waals surface area contributed by atoms with Gasteiger partial charge in [-0.3, -0.25) is 4.68 Å². The summed E-state index contributed by atoms with van der Waals surface area (Å²) in [5.41, 5.74) is 8.56. The van der Waals surface area contributed by atoms with E-state index in [1.807, 2.05) is 19.2 Å². The molecule has 1 aromatic carbocycles. The summed E-state index contributed by atoms with van der Waals surface area (Å²) in [6.45, 7) is 7.86. The van der Waals surface area contributed by atoms with Crippen LogP contribution >= 0.6 is 0 Å². The van der Waals surface area contributed by atoms with E-state index in [1.54, 1.807) is 55.3 Å². The van der Waals surface area contributed by atoms with Crippen LogP contribution in [0.25, 0.3) is 16.6 Å². The van der Waals surface area contributed by atoms with Crippen molar-refractivity contribution in [2.45, 2.75) is 31.8 Å². The number of carbonyl (C=O) groups is 1. The van der Waals surface area contributed by atoms with Gasteiger partial charge < -0.3 is 20.6 Å². The normalized spacial score (nSPS) is 15.6. The van der Waals surface area contributed by atoms with Gasteiger partial charge in [-0.05, 0) is 44.5 Å². The minimum Gasteiger partial charge on any atom is -0.479 e. The second-order valence-corrected chi connectivity index (χ2v) is 11.1. The van der Waals surface area contributed by atoms with E-state index in [-0.39, 0.29) is 5.82 Å². The van der Waals surface area contributed by atoms with Crippen LogP contribution in [-0.2, 0) is 15.9 Å². The Morgan fingerprint density at radius 3 is 2.21 bits per heavy atom. The fourth-order valence-corrected chi connectivity index (χ4v) is 5.03. The topological polar surface area (TPSA) is 144 Å². The largest absolute Gasteiger partial charge is 0.479 e. The van der Waals surface area contributed by atoms with Gasteiger partial charge in [-0.2, -0.15) is 10.2 Å². The molecule has 0 bridgehead atoms. The highest BCUT2D eigenvalue weighted by Crippen LogP contribution is 2.30. The molecule has 6 rings (SSSR count). The number of carboxylic acid groups (broad SMARTS) is 1. The van der Waals surface area contributed by atoms with Crippen LogP contribution in [0.3, 0.4) is 0 Å². The highest BCUT2D eigenvalue weighted by atomic mass is 19.1. The fraction of sp³-hybridized carbons (Fsp3) is 0.310. The van der Waals surface area contributed by atoms with Crippen molar-refractivity contribution in [2.24, 2.45) is 5.73 Å². The summed E-state index contributed by atoms with van der Waals surface area (Å²) in [5.74, 6) is 0.154. The van der Waals surface area contributed by atoms with Gasteiger partial charge in [0.05, 0.1) is 11.7 Å². The van der Waals surface area contributed by atoms with Crippen LogP contribution in [0.4, 0.5) is 16.2 Å². The monoisotopic (exact) mass is 570 g/mol. The predicted molar refractivity (Wildman–Crippen MR) is 155 cm³/mol. The van der Waals surface area contributed by atoms with Gasteiger partial charge in [0.25, 0.3) is 0 Å². The van der Waals surface area contributed by atoms with Gasteiger partial charge in [0.15, 0.2) is 11.4 Å². The van der Waals surface area contributed by atoms with Crippen molar-refractivity contribution in [2.75, 3.05) is 36.0 Å². The molecule has 0 amide bonds. The maximum Gasteiger partial charge on any atom is 0.331 e. The van der Waals surface area contributed by atoms with Gasteiger partial charge in [-0.1, -0.05) is 12.1 Å². The second-order valence-electron chi connectivity index (χ2n) is 11.1. The first-order valence-electron chi connectivity index (χ1n) is 13.5. The zero-order valence-electron chi connectivity index (χ0n) is 23.5. The van der Waals surface area contributed by atoms with Crippen molar-refractivity contribution < 1.29 is 14.3 Å². The Morgan fingerprint density at radius 2 is 1.55 bits per heavy atom. The van der Waals surface area contributed by atoms with Gasteiger partial charge in [0.2, 0.25) is 5.95 Å². The number of nitrogens with two attached hydrogens (primary N) is 1. The van der Waals surface area contributed by atoms with Crippen LogP contribution in [0.15, 0.2) is 67.6 Å². The molecule has 0 aliphatic carbocycles. The van der Waals surface area contributed by atoms with Crippen molar-refractivity contribution in [3.63, 3.8) is 0 Å². The van der Waals surface area contributed by atoms with E-state index < -0.39 is 17.0 Å². The number of rotatable bonds is 7. The Hall–Kier alpha value is -4.91. The molecule has 12 nitrogen and oxygen atoms in total. The van der Waals surface area contributed by atoms with Crippen LogP contribution < -0.4 is 15.5 Å². The van der Waals surface area contributed by atoms with Gasteiger partial charge in [0.1, 0.15) is 17.7 Å². The first-order chi connectivity index (χ1) is 20.0. The van der Waals surface area contributed by atoms with Crippen LogP contribution in [0, 0.1) is 5.82 Å². The van der Waals surface area contributed by atoms with Gasteiger partial charge >= 0.3 is 5.97 Å². The Bertz CT molecular complexity index is 1740. The molecule has 1 unspecified atom stereocenters. The van der Waals surface area contributed by atoms with E-state index in [0.717, 1.165) is 33.6 Å². The quantitative estimate of drug-likeness (QED) is 0.300. The molecule has 5 heterocycles. The van der Waals surface area contributed by atoms with E-state index >= 15 is 0 Å². The zero-order valence-corrected chi connectivity index (χ0v) is 23.5. The number of anilines is 2. The summed E-state index contributed by atoms with van der Waals surface area (Å²) < 4.78 is 16.6. The lowest BCUT2D eigenvalue weighted by molar-refractivity contribution is -0.146. The number of aromatic nitrogens is 7. The fourth-order valence-electron chi connectivity index (χ4n) is 5.03. The number of piperazine rings is 1. The van der Waals surface area contributed by atoms with Crippen molar-refractivity contribution in [1.29, 1.82) is 0 Å². The number of nitrogens with zero attached hydrogens (tertiary/aromatic N) is 9. The number of aliphatic carboxylic acids is 1. The molecule has 1 fully saturated rings. The zero-order chi connectivity index (χ0) is 29.6. The van der Waals surface area contributed by atoms with E-state index in [4.69, 9.17) is 5.73 Å². The van der Waals surface area contributed by atoms with Crippen LogP contribution in [0.1, 0.15) is 31.9 Å². The Kier molecular flexibility index (Phi) is 6.61. The van der Waals surface area contributed by atoms with E-state index in [9.17, 15) is 14.3 Å². The Morgan fingerprint density at radius 1 is 0.881 bits per heavy atom. The second kappa shape index (κ2) is 10.2. The predicted octanol–water partition coefficient (Wildman–Crippen LogP) is 2.89. The smallest absolute Gasteiger partial charge is 0.331 e. The Labute approximate surface area is 241 Å². The van der Waals surface area contributed by atoms with Crippen LogP contribution in [-0.4, -0.2) is 71.6 Å². The molecule has 1 aliphatic heterocycles. The molecule has 0 radical (unpaired) electrons. The Balaban J connectivity index is 1.16. The summed E-state index contributed by atoms with van der Waals surface area (Å²) in [6, 6.07) is 8.13. The molecule has 0 spiro atoms. The van der Waals surface area contributed by atoms with E-state index in [0.29, 0.717) is 32.1 Å². The molecule has 13 heteroatoms. The summed E-state index contributed by atoms with van der Waals surface area (Å²) in [5, 5.41) is 18.2. The third-order valence-electron chi connectivity index (χ3n) is 7.94. The number of carboxylic acids is 1. The minimum absolute atomic E-state index is 0.311. The molecule has 0 saturated carbocycles. The summed E-state index contributed by atoms with van der Waals surface area (Å²) >= 11 is 0. The standard InChI is InChI=1S/C29H31FN10O2/c1-28(2,26(41)42)40-17-20(13-35-40)19-12-24-25(34-18-36-39(24)16-19)37-8-10-38(11-9-37)27-32-14-22(15-33-27)29(3,31)21-4-6-23(30)7-5-21/h4-7,12-18H,8-11,31H2,1-3H3,(H,41,42). The lowest BCUT2D eigenvalue weighted by Gasteiger charge is -2.35. The first-order valence-corrected chi connectivity index (χ1v) is 13.5. The molecular formula is C29H31FN10O2. The molecule has 42 heavy (non-hydrogen) atoms. The van der Waals surface area contributed by atoms with Crippen molar-refractivity contribution in [1.82, 2.24) is 34.3 Å². The third-order valence-corrected chi connectivity index (χ3v) is 7.94. The third kappa shape index (κ3) is 4.81. The van der Waals surface area contributed by atoms with E-state index in [1.165, 1.54) is 23.1 Å². The molecule has 216 valence electrons. The average Bonchev–Trinajstić information content (AvgIpc) is 3.66. The number of halogens is 1. The van der Waals surface area contributed by atoms with Crippen molar-refractivity contribution >= 4 is 23.3 Å². The molecule has 1 aliphatic rings. The molecule has 4 aromatic heterocycles. The SMILES string of the molecule is CC(N)(c1ccc(F)cc1)c1cnc(N2CCN(c3ncnn4cc(-c5cnn(C(C)(C)C(=O)O)c5)cc34)CC2)nc1. The maximum atomic E-state index is 13.4. The number of hydrogen-bond acceptors (Lipinski definition) is 9. The lowest BCUT2D eigenvalue weighted by Crippen LogP contribution is -2.47. The highest BCUT2D eigenvalue weighted by molar-refractivity contribution is 5.78. The molecule has 1 atom stereocenters. The molecular weight excluding hydrogens is 539 g/mol. The summed E-state index contributed by atoms with van der Waals surface area (Å²) in [6.07, 6.45) is 10.3. The van der Waals surface area contributed by atoms with Crippen molar-refractivity contribution in [3.05, 3.63) is 84.6 Å². The number of hydrogen-bond donors (Lipinski definition) is 2. The molecule has 1 saturated heterocycles. The highest BCUT2D eigenvalue weighted by Gasteiger charge is 2.31. The molecule has 3 N–H and O–H groups in total. The van der Waals surface area contributed by atoms with Gasteiger partial charge in [-0.15, -0.1) is 0 Å². The van der Waals surface area contributed by atoms with Crippen LogP contribution in [0.5, 0.6) is 0 Å². The maximum absolute atomic E-state index is 13.4. The summed E-state index contributed by atoms with van der Waals surface area (Å²) in [4.78, 5) is 29.7. The first kappa shape index (κ1) is 27.3. The average molecular weight is 571 g/mol.